The summed E-state index contributed by atoms with van der Waals surface area (Å²) >= 11 is 1.95. The predicted molar refractivity (Wildman–Crippen MR) is 75.2 cm³/mol. The second-order valence-electron chi connectivity index (χ2n) is 5.23. The minimum absolute atomic E-state index is 0.126. The van der Waals surface area contributed by atoms with E-state index in [1.165, 1.54) is 12.2 Å². The molecule has 4 heteroatoms. The minimum atomic E-state index is 0.126. The van der Waals surface area contributed by atoms with Gasteiger partial charge in [-0.2, -0.15) is 11.8 Å². The van der Waals surface area contributed by atoms with Crippen molar-refractivity contribution < 1.29 is 4.79 Å². The molecule has 1 rings (SSSR count). The number of nitrogens with one attached hydrogen (secondary N) is 1. The van der Waals surface area contributed by atoms with E-state index in [9.17, 15) is 4.79 Å². The first-order valence-electron chi connectivity index (χ1n) is 6.73. The van der Waals surface area contributed by atoms with Gasteiger partial charge in [0.15, 0.2) is 0 Å². The number of carbonyl (C=O) groups excluding carboxylic acids is 1. The Morgan fingerprint density at radius 2 is 2.24 bits per heavy atom. The van der Waals surface area contributed by atoms with Crippen molar-refractivity contribution in [2.24, 2.45) is 11.7 Å². The number of amides is 1. The summed E-state index contributed by atoms with van der Waals surface area (Å²) in [6.45, 7) is 4.04. The van der Waals surface area contributed by atoms with E-state index < -0.39 is 0 Å². The van der Waals surface area contributed by atoms with Crippen molar-refractivity contribution in [2.45, 2.75) is 58.0 Å². The first-order chi connectivity index (χ1) is 8.09. The maximum Gasteiger partial charge on any atom is 0.223 e. The van der Waals surface area contributed by atoms with E-state index in [4.69, 9.17) is 5.73 Å². The van der Waals surface area contributed by atoms with Gasteiger partial charge >= 0.3 is 0 Å². The van der Waals surface area contributed by atoms with Crippen molar-refractivity contribution in [1.29, 1.82) is 0 Å². The Labute approximate surface area is 109 Å². The SMILES string of the molecule is CC(N)CCCC(C)C(=O)NC1CCCSC1. The molecule has 1 fully saturated rings. The molecule has 0 saturated carbocycles. The van der Waals surface area contributed by atoms with Gasteiger partial charge in [-0.05, 0) is 38.4 Å². The summed E-state index contributed by atoms with van der Waals surface area (Å²) in [5.41, 5.74) is 5.70. The van der Waals surface area contributed by atoms with Gasteiger partial charge in [-0.25, -0.2) is 0 Å². The lowest BCUT2D eigenvalue weighted by atomic mass is 10.0. The van der Waals surface area contributed by atoms with E-state index in [-0.39, 0.29) is 17.9 Å². The van der Waals surface area contributed by atoms with Crippen LogP contribution < -0.4 is 11.1 Å². The molecule has 0 spiro atoms. The highest BCUT2D eigenvalue weighted by molar-refractivity contribution is 7.99. The molecule has 1 aliphatic rings. The third-order valence-electron chi connectivity index (χ3n) is 3.25. The number of thioether (sulfide) groups is 1. The molecule has 1 saturated heterocycles. The van der Waals surface area contributed by atoms with E-state index in [0.29, 0.717) is 6.04 Å². The molecule has 0 aromatic carbocycles. The maximum atomic E-state index is 11.9. The fourth-order valence-corrected chi connectivity index (χ4v) is 3.15. The van der Waals surface area contributed by atoms with Gasteiger partial charge in [-0.15, -0.1) is 0 Å². The molecule has 0 aromatic heterocycles. The zero-order valence-electron chi connectivity index (χ0n) is 11.1. The number of hydrogen-bond donors (Lipinski definition) is 2. The van der Waals surface area contributed by atoms with Crippen LogP contribution in [0.1, 0.15) is 46.0 Å². The summed E-state index contributed by atoms with van der Waals surface area (Å²) < 4.78 is 0. The summed E-state index contributed by atoms with van der Waals surface area (Å²) in [4.78, 5) is 11.9. The van der Waals surface area contributed by atoms with Gasteiger partial charge < -0.3 is 11.1 Å². The van der Waals surface area contributed by atoms with Gasteiger partial charge in [-0.3, -0.25) is 4.79 Å². The van der Waals surface area contributed by atoms with Gasteiger partial charge in [0.2, 0.25) is 5.91 Å². The number of hydrogen-bond acceptors (Lipinski definition) is 3. The van der Waals surface area contributed by atoms with Crippen molar-refractivity contribution >= 4 is 17.7 Å². The Kier molecular flexibility index (Phi) is 6.97. The Bertz CT molecular complexity index is 227. The fraction of sp³-hybridized carbons (Fsp3) is 0.923. The second-order valence-corrected chi connectivity index (χ2v) is 6.38. The van der Waals surface area contributed by atoms with Crippen molar-refractivity contribution in [3.05, 3.63) is 0 Å². The molecule has 1 aliphatic heterocycles. The molecular formula is C13H26N2OS. The van der Waals surface area contributed by atoms with E-state index in [0.717, 1.165) is 31.4 Å². The van der Waals surface area contributed by atoms with Gasteiger partial charge in [0.25, 0.3) is 0 Å². The quantitative estimate of drug-likeness (QED) is 0.767. The normalized spacial score (nSPS) is 24.1. The van der Waals surface area contributed by atoms with Crippen molar-refractivity contribution in [3.63, 3.8) is 0 Å². The number of nitrogens with two attached hydrogens (primary N) is 1. The lowest BCUT2D eigenvalue weighted by Gasteiger charge is -2.24. The highest BCUT2D eigenvalue weighted by atomic mass is 32.2. The summed E-state index contributed by atoms with van der Waals surface area (Å²) in [6, 6.07) is 0.650. The molecular weight excluding hydrogens is 232 g/mol. The second kappa shape index (κ2) is 7.98. The molecule has 0 bridgehead atoms. The lowest BCUT2D eigenvalue weighted by Crippen LogP contribution is -2.41. The Morgan fingerprint density at radius 3 is 2.82 bits per heavy atom. The van der Waals surface area contributed by atoms with Crippen LogP contribution in [0, 0.1) is 5.92 Å². The van der Waals surface area contributed by atoms with Crippen LogP contribution in [0.4, 0.5) is 0 Å². The van der Waals surface area contributed by atoms with Gasteiger partial charge in [0.1, 0.15) is 0 Å². The first-order valence-corrected chi connectivity index (χ1v) is 7.88. The Balaban J connectivity index is 2.16. The third-order valence-corrected chi connectivity index (χ3v) is 4.47. The molecule has 3 unspecified atom stereocenters. The molecule has 17 heavy (non-hydrogen) atoms. The molecule has 3 N–H and O–H groups in total. The minimum Gasteiger partial charge on any atom is -0.352 e. The van der Waals surface area contributed by atoms with Gasteiger partial charge in [0.05, 0.1) is 0 Å². The topological polar surface area (TPSA) is 55.1 Å². The van der Waals surface area contributed by atoms with Crippen LogP contribution >= 0.6 is 11.8 Å². The first kappa shape index (κ1) is 14.8. The van der Waals surface area contributed by atoms with Gasteiger partial charge in [0, 0.05) is 23.8 Å². The highest BCUT2D eigenvalue weighted by Crippen LogP contribution is 2.18. The third kappa shape index (κ3) is 6.32. The van der Waals surface area contributed by atoms with Gasteiger partial charge in [-0.1, -0.05) is 13.3 Å². The average Bonchev–Trinajstić information content (AvgIpc) is 2.29. The molecule has 0 aromatic rings. The van der Waals surface area contributed by atoms with Crippen molar-refractivity contribution in [2.75, 3.05) is 11.5 Å². The number of carbonyl (C=O) groups is 1. The van der Waals surface area contributed by atoms with Crippen LogP contribution in [-0.2, 0) is 4.79 Å². The predicted octanol–water partition coefficient (Wildman–Crippen LogP) is 2.15. The van der Waals surface area contributed by atoms with E-state index in [1.807, 2.05) is 25.6 Å². The average molecular weight is 258 g/mol. The molecule has 3 nitrogen and oxygen atoms in total. The van der Waals surface area contributed by atoms with Crippen LogP contribution in [0.25, 0.3) is 0 Å². The summed E-state index contributed by atoms with van der Waals surface area (Å²) in [7, 11) is 0. The van der Waals surface area contributed by atoms with Crippen LogP contribution in [0.15, 0.2) is 0 Å². The van der Waals surface area contributed by atoms with E-state index in [2.05, 4.69) is 5.32 Å². The molecule has 100 valence electrons. The van der Waals surface area contributed by atoms with Crippen LogP contribution in [0.2, 0.25) is 0 Å². The zero-order valence-corrected chi connectivity index (χ0v) is 11.9. The summed E-state index contributed by atoms with van der Waals surface area (Å²) in [6.07, 6.45) is 5.38. The van der Waals surface area contributed by atoms with E-state index in [1.54, 1.807) is 0 Å². The fourth-order valence-electron chi connectivity index (χ4n) is 2.08. The summed E-state index contributed by atoms with van der Waals surface area (Å²) in [5.74, 6) is 2.68. The van der Waals surface area contributed by atoms with Crippen LogP contribution in [-0.4, -0.2) is 29.5 Å². The zero-order chi connectivity index (χ0) is 12.7. The van der Waals surface area contributed by atoms with Crippen molar-refractivity contribution in [3.8, 4) is 0 Å². The number of rotatable bonds is 6. The molecule has 0 radical (unpaired) electrons. The maximum absolute atomic E-state index is 11.9. The molecule has 1 heterocycles. The van der Waals surface area contributed by atoms with E-state index >= 15 is 0 Å². The monoisotopic (exact) mass is 258 g/mol. The largest absolute Gasteiger partial charge is 0.352 e. The van der Waals surface area contributed by atoms with Crippen LogP contribution in [0.5, 0.6) is 0 Å². The van der Waals surface area contributed by atoms with Crippen LogP contribution in [0.3, 0.4) is 0 Å². The molecule has 3 atom stereocenters. The molecule has 1 amide bonds. The molecule has 0 aliphatic carbocycles. The lowest BCUT2D eigenvalue weighted by molar-refractivity contribution is -0.125. The Morgan fingerprint density at radius 1 is 1.47 bits per heavy atom. The van der Waals surface area contributed by atoms with Crippen molar-refractivity contribution in [1.82, 2.24) is 5.32 Å². The standard InChI is InChI=1S/C13H26N2OS/c1-10(5-3-6-11(2)14)13(16)15-12-7-4-8-17-9-12/h10-12H,3-9,14H2,1-2H3,(H,15,16). The highest BCUT2D eigenvalue weighted by Gasteiger charge is 2.19. The smallest absolute Gasteiger partial charge is 0.223 e. The Hall–Kier alpha value is -0.220. The summed E-state index contributed by atoms with van der Waals surface area (Å²) in [5, 5.41) is 3.17.